The topological polar surface area (TPSA) is 19.0 Å². The van der Waals surface area contributed by atoms with Gasteiger partial charge in [0.2, 0.25) is 0 Å². The van der Waals surface area contributed by atoms with Gasteiger partial charge in [0.1, 0.15) is 5.75 Å². The summed E-state index contributed by atoms with van der Waals surface area (Å²) in [6, 6.07) is 15.3. The van der Waals surface area contributed by atoms with E-state index in [9.17, 15) is 0 Å². The first-order chi connectivity index (χ1) is 15.3. The number of hydrogen-bond acceptors (Lipinski definition) is 5. The predicted molar refractivity (Wildman–Crippen MR) is 132 cm³/mol. The van der Waals surface area contributed by atoms with Crippen molar-refractivity contribution in [1.82, 2.24) is 9.80 Å². The van der Waals surface area contributed by atoms with Crippen LogP contribution < -0.4 is 9.64 Å². The number of anilines is 1. The highest BCUT2D eigenvalue weighted by molar-refractivity contribution is 7.17. The second-order valence-corrected chi connectivity index (χ2v) is 9.44. The van der Waals surface area contributed by atoms with E-state index in [4.69, 9.17) is 4.74 Å². The number of hydrogen-bond donors (Lipinski definition) is 0. The molecule has 1 saturated heterocycles. The number of methoxy groups -OCH3 is 1. The Morgan fingerprint density at radius 1 is 0.968 bits per heavy atom. The summed E-state index contributed by atoms with van der Waals surface area (Å²) in [5.41, 5.74) is 4.08. The summed E-state index contributed by atoms with van der Waals surface area (Å²) >= 11 is 1.84. The molecule has 2 aromatic carbocycles. The van der Waals surface area contributed by atoms with Gasteiger partial charge in [-0.2, -0.15) is 0 Å². The van der Waals surface area contributed by atoms with Gasteiger partial charge < -0.3 is 14.5 Å². The van der Waals surface area contributed by atoms with Crippen molar-refractivity contribution in [1.29, 1.82) is 0 Å². The fourth-order valence-corrected chi connectivity index (χ4v) is 5.54. The minimum absolute atomic E-state index is 0.948. The van der Waals surface area contributed by atoms with Gasteiger partial charge in [-0.25, -0.2) is 0 Å². The highest BCUT2D eigenvalue weighted by Gasteiger charge is 2.19. The molecule has 3 heterocycles. The second-order valence-electron chi connectivity index (χ2n) is 8.50. The van der Waals surface area contributed by atoms with Gasteiger partial charge in [-0.15, -0.1) is 11.3 Å². The van der Waals surface area contributed by atoms with Crippen LogP contribution >= 0.6 is 11.3 Å². The fourth-order valence-electron chi connectivity index (χ4n) is 4.74. The van der Waals surface area contributed by atoms with E-state index in [1.165, 1.54) is 46.3 Å². The molecule has 0 saturated carbocycles. The van der Waals surface area contributed by atoms with Crippen LogP contribution in [0.2, 0.25) is 0 Å². The number of thiophene rings is 1. The predicted octanol–water partition coefficient (Wildman–Crippen LogP) is 5.30. The number of nitrogens with zero attached hydrogens (tertiary/aromatic N) is 3. The summed E-state index contributed by atoms with van der Waals surface area (Å²) in [6.07, 6.45) is 6.97. The quantitative estimate of drug-likeness (QED) is 0.471. The molecule has 1 aromatic heterocycles. The third kappa shape index (κ3) is 4.58. The van der Waals surface area contributed by atoms with Crippen LogP contribution in [0.25, 0.3) is 16.2 Å². The van der Waals surface area contributed by atoms with Crippen molar-refractivity contribution in [2.45, 2.75) is 19.4 Å². The van der Waals surface area contributed by atoms with Gasteiger partial charge in [0.15, 0.2) is 0 Å². The lowest BCUT2D eigenvalue weighted by Gasteiger charge is -2.36. The first-order valence-corrected chi connectivity index (χ1v) is 12.2. The van der Waals surface area contributed by atoms with E-state index in [0.717, 1.165) is 45.0 Å². The average Bonchev–Trinajstić information content (AvgIpc) is 3.31. The van der Waals surface area contributed by atoms with E-state index >= 15 is 0 Å². The molecule has 0 unspecified atom stereocenters. The molecule has 3 aromatic rings. The zero-order valence-electron chi connectivity index (χ0n) is 18.3. The van der Waals surface area contributed by atoms with Crippen molar-refractivity contribution in [3.63, 3.8) is 0 Å². The second kappa shape index (κ2) is 9.33. The van der Waals surface area contributed by atoms with E-state index in [1.54, 1.807) is 7.11 Å². The lowest BCUT2D eigenvalue weighted by molar-refractivity contribution is 0.246. The molecular weight excluding hydrogens is 402 g/mol. The largest absolute Gasteiger partial charge is 0.497 e. The molecule has 4 nitrogen and oxygen atoms in total. The first kappa shape index (κ1) is 20.4. The molecule has 0 radical (unpaired) electrons. The monoisotopic (exact) mass is 433 g/mol. The Kier molecular flexibility index (Phi) is 6.14. The molecule has 5 rings (SSSR count). The molecule has 1 fully saturated rings. The molecule has 2 aliphatic heterocycles. The van der Waals surface area contributed by atoms with Crippen molar-refractivity contribution in [3.8, 4) is 5.75 Å². The van der Waals surface area contributed by atoms with Crippen LogP contribution in [0.5, 0.6) is 5.75 Å². The molecule has 31 heavy (non-hydrogen) atoms. The number of benzene rings is 2. The van der Waals surface area contributed by atoms with Gasteiger partial charge in [-0.3, -0.25) is 4.90 Å². The first-order valence-electron chi connectivity index (χ1n) is 11.3. The van der Waals surface area contributed by atoms with E-state index in [-0.39, 0.29) is 0 Å². The molecule has 162 valence electrons. The summed E-state index contributed by atoms with van der Waals surface area (Å²) in [5, 5.41) is 3.62. The van der Waals surface area contributed by atoms with Gasteiger partial charge in [0, 0.05) is 55.0 Å². The minimum atomic E-state index is 0.948. The van der Waals surface area contributed by atoms with Crippen LogP contribution in [0.1, 0.15) is 24.0 Å². The average molecular weight is 434 g/mol. The summed E-state index contributed by atoms with van der Waals surface area (Å²) in [7, 11) is 1.74. The maximum Gasteiger partial charge on any atom is 0.119 e. The highest BCUT2D eigenvalue weighted by atomic mass is 32.1. The third-order valence-electron chi connectivity index (χ3n) is 6.54. The Balaban J connectivity index is 1.05. The van der Waals surface area contributed by atoms with Crippen molar-refractivity contribution >= 4 is 33.2 Å². The van der Waals surface area contributed by atoms with Gasteiger partial charge in [0.05, 0.1) is 7.11 Å². The van der Waals surface area contributed by atoms with Gasteiger partial charge in [0.25, 0.3) is 0 Å². The van der Waals surface area contributed by atoms with E-state index in [2.05, 4.69) is 68.8 Å². The molecule has 5 heteroatoms. The van der Waals surface area contributed by atoms with Crippen LogP contribution in [-0.4, -0.2) is 56.2 Å². The Morgan fingerprint density at radius 3 is 2.71 bits per heavy atom. The van der Waals surface area contributed by atoms with Crippen LogP contribution in [0, 0.1) is 0 Å². The van der Waals surface area contributed by atoms with Crippen molar-refractivity contribution in [2.24, 2.45) is 0 Å². The number of fused-ring (bicyclic) bond motifs is 2. The summed E-state index contributed by atoms with van der Waals surface area (Å²) < 4.78 is 6.78. The molecule has 0 atom stereocenters. The number of ether oxygens (including phenoxy) is 1. The summed E-state index contributed by atoms with van der Waals surface area (Å²) in [5.74, 6) is 0.948. The lowest BCUT2D eigenvalue weighted by Crippen LogP contribution is -2.46. The van der Waals surface area contributed by atoms with Crippen LogP contribution in [0.4, 0.5) is 5.69 Å². The molecule has 0 N–H and O–H groups in total. The fraction of sp³-hybridized carbons (Fsp3) is 0.385. The normalized spacial score (nSPS) is 16.7. The van der Waals surface area contributed by atoms with E-state index < -0.39 is 0 Å². The standard InChI is InChI=1S/C26H31N3OS/c1-30-23-8-7-21-9-13-28(20-22(21)19-23)12-3-2-11-27-14-16-29(17-15-27)25-5-4-6-26-24(25)10-18-31-26/h4-10,13,18-19H,2-3,11-12,14-17,20H2,1H3. The maximum atomic E-state index is 5.38. The third-order valence-corrected chi connectivity index (χ3v) is 7.43. The number of piperazine rings is 1. The molecule has 0 amide bonds. The maximum absolute atomic E-state index is 5.38. The van der Waals surface area contributed by atoms with Crippen molar-refractivity contribution in [2.75, 3.05) is 51.3 Å². The summed E-state index contributed by atoms with van der Waals surface area (Å²) in [6.45, 7) is 7.89. The minimum Gasteiger partial charge on any atom is -0.497 e. The van der Waals surface area contributed by atoms with Crippen molar-refractivity contribution in [3.05, 3.63) is 65.2 Å². The van der Waals surface area contributed by atoms with Gasteiger partial charge in [-0.05, 0) is 78.5 Å². The lowest BCUT2D eigenvalue weighted by atomic mass is 10.0. The van der Waals surface area contributed by atoms with Crippen LogP contribution in [0.15, 0.2) is 54.0 Å². The van der Waals surface area contributed by atoms with Gasteiger partial charge in [-0.1, -0.05) is 12.1 Å². The Bertz CT molecular complexity index is 1050. The highest BCUT2D eigenvalue weighted by Crippen LogP contribution is 2.31. The zero-order chi connectivity index (χ0) is 21.0. The molecule has 2 aliphatic rings. The molecule has 0 aliphatic carbocycles. The number of rotatable bonds is 7. The molecule has 0 spiro atoms. The Morgan fingerprint density at radius 2 is 1.84 bits per heavy atom. The Hall–Kier alpha value is -2.50. The zero-order valence-corrected chi connectivity index (χ0v) is 19.1. The molecular formula is C26H31N3OS. The smallest absolute Gasteiger partial charge is 0.119 e. The number of unbranched alkanes of at least 4 members (excludes halogenated alkanes) is 1. The van der Waals surface area contributed by atoms with E-state index in [0.29, 0.717) is 0 Å². The van der Waals surface area contributed by atoms with Gasteiger partial charge >= 0.3 is 0 Å². The van der Waals surface area contributed by atoms with Crippen molar-refractivity contribution < 1.29 is 4.74 Å². The van der Waals surface area contributed by atoms with E-state index in [1.807, 2.05) is 17.4 Å². The molecule has 0 bridgehead atoms. The van der Waals surface area contributed by atoms with Crippen LogP contribution in [0.3, 0.4) is 0 Å². The SMILES string of the molecule is COc1ccc2c(c1)CN(CCCCN1CCN(c3cccc4sccc34)CC1)C=C2. The summed E-state index contributed by atoms with van der Waals surface area (Å²) in [4.78, 5) is 7.63. The van der Waals surface area contributed by atoms with Crippen LogP contribution in [-0.2, 0) is 6.54 Å². The Labute approximate surface area is 189 Å².